The summed E-state index contributed by atoms with van der Waals surface area (Å²) in [5.41, 5.74) is 8.29. The molecule has 0 aliphatic heterocycles. The monoisotopic (exact) mass is 179 g/mol. The zero-order valence-electron chi connectivity index (χ0n) is 8.03. The Morgan fingerprint density at radius 1 is 1.46 bits per heavy atom. The summed E-state index contributed by atoms with van der Waals surface area (Å²) < 4.78 is 0. The fourth-order valence-corrected chi connectivity index (χ4v) is 1.35. The lowest BCUT2D eigenvalue weighted by atomic mass is 10.0. The minimum Gasteiger partial charge on any atom is -0.396 e. The molecule has 2 heteroatoms. The molecule has 0 aliphatic carbocycles. The second-order valence-electron chi connectivity index (χ2n) is 3.22. The summed E-state index contributed by atoms with van der Waals surface area (Å²) in [6.45, 7) is 2.27. The third kappa shape index (κ3) is 2.83. The number of aryl methyl sites for hydroxylation is 1. The van der Waals surface area contributed by atoms with E-state index in [1.807, 2.05) is 12.1 Å². The molecule has 0 fully saturated rings. The molecule has 1 atom stereocenters. The summed E-state index contributed by atoms with van der Waals surface area (Å²) in [7, 11) is 0. The highest BCUT2D eigenvalue weighted by atomic mass is 16.3. The zero-order valence-corrected chi connectivity index (χ0v) is 8.03. The minimum atomic E-state index is -0.0310. The summed E-state index contributed by atoms with van der Waals surface area (Å²) in [5, 5.41) is 8.74. The molecular weight excluding hydrogens is 162 g/mol. The van der Waals surface area contributed by atoms with E-state index in [0.29, 0.717) is 6.42 Å². The molecule has 3 N–H and O–H groups in total. The molecule has 0 saturated carbocycles. The Kier molecular flexibility index (Phi) is 3.93. The van der Waals surface area contributed by atoms with E-state index in [1.54, 1.807) is 0 Å². The summed E-state index contributed by atoms with van der Waals surface area (Å²) in [6.07, 6.45) is 1.66. The van der Waals surface area contributed by atoms with Crippen molar-refractivity contribution >= 4 is 0 Å². The molecule has 1 aromatic rings. The number of nitrogens with two attached hydrogens (primary N) is 1. The van der Waals surface area contributed by atoms with Gasteiger partial charge in [0.25, 0.3) is 0 Å². The van der Waals surface area contributed by atoms with E-state index < -0.39 is 0 Å². The van der Waals surface area contributed by atoms with Crippen molar-refractivity contribution < 1.29 is 5.11 Å². The van der Waals surface area contributed by atoms with Crippen LogP contribution in [-0.2, 0) is 6.42 Å². The number of aliphatic hydroxyl groups excluding tert-OH is 1. The van der Waals surface area contributed by atoms with Gasteiger partial charge in [-0.2, -0.15) is 0 Å². The van der Waals surface area contributed by atoms with E-state index in [0.717, 1.165) is 12.0 Å². The topological polar surface area (TPSA) is 46.2 Å². The first-order valence-corrected chi connectivity index (χ1v) is 4.73. The first kappa shape index (κ1) is 10.2. The van der Waals surface area contributed by atoms with Gasteiger partial charge in [-0.25, -0.2) is 0 Å². The van der Waals surface area contributed by atoms with Crippen molar-refractivity contribution in [1.82, 2.24) is 0 Å². The van der Waals surface area contributed by atoms with Gasteiger partial charge in [0.15, 0.2) is 0 Å². The number of hydrogen-bond acceptors (Lipinski definition) is 2. The maximum absolute atomic E-state index is 8.74. The quantitative estimate of drug-likeness (QED) is 0.738. The first-order chi connectivity index (χ1) is 6.27. The van der Waals surface area contributed by atoms with Crippen LogP contribution in [0, 0.1) is 0 Å². The molecule has 0 heterocycles. The molecule has 0 spiro atoms. The highest BCUT2D eigenvalue weighted by molar-refractivity contribution is 5.25. The normalized spacial score (nSPS) is 12.8. The smallest absolute Gasteiger partial charge is 0.0449 e. The van der Waals surface area contributed by atoms with E-state index in [-0.39, 0.29) is 12.6 Å². The van der Waals surface area contributed by atoms with Crippen LogP contribution in [0.1, 0.15) is 30.5 Å². The van der Waals surface area contributed by atoms with Gasteiger partial charge in [-0.3, -0.25) is 0 Å². The third-order valence-corrected chi connectivity index (χ3v) is 2.23. The number of hydrogen-bond donors (Lipinski definition) is 2. The summed E-state index contributed by atoms with van der Waals surface area (Å²) in [6, 6.07) is 8.21. The van der Waals surface area contributed by atoms with E-state index in [1.165, 1.54) is 5.56 Å². The lowest BCUT2D eigenvalue weighted by Crippen LogP contribution is -2.11. The molecule has 1 aromatic carbocycles. The predicted molar refractivity (Wildman–Crippen MR) is 54.5 cm³/mol. The van der Waals surface area contributed by atoms with Crippen molar-refractivity contribution in [3.8, 4) is 0 Å². The Balaban J connectivity index is 2.75. The highest BCUT2D eigenvalue weighted by Crippen LogP contribution is 2.15. The molecule has 1 unspecified atom stereocenters. The fourth-order valence-electron chi connectivity index (χ4n) is 1.35. The van der Waals surface area contributed by atoms with E-state index >= 15 is 0 Å². The van der Waals surface area contributed by atoms with Crippen LogP contribution < -0.4 is 5.73 Å². The fraction of sp³-hybridized carbons (Fsp3) is 0.455. The van der Waals surface area contributed by atoms with Gasteiger partial charge in [0.2, 0.25) is 0 Å². The molecule has 13 heavy (non-hydrogen) atoms. The zero-order chi connectivity index (χ0) is 9.68. The average molecular weight is 179 g/mol. The summed E-state index contributed by atoms with van der Waals surface area (Å²) in [4.78, 5) is 0. The van der Waals surface area contributed by atoms with Crippen molar-refractivity contribution in [1.29, 1.82) is 0 Å². The molecular formula is C11H17NO. The number of benzene rings is 1. The van der Waals surface area contributed by atoms with Gasteiger partial charge in [0.05, 0.1) is 0 Å². The van der Waals surface area contributed by atoms with Crippen LogP contribution in [0.4, 0.5) is 0 Å². The van der Waals surface area contributed by atoms with Crippen LogP contribution in [0.25, 0.3) is 0 Å². The SMILES string of the molecule is CCc1cccc(C(N)CCO)c1. The standard InChI is InChI=1S/C11H17NO/c1-2-9-4-3-5-10(8-9)11(12)6-7-13/h3-5,8,11,13H,2,6-7,12H2,1H3. The largest absolute Gasteiger partial charge is 0.396 e. The van der Waals surface area contributed by atoms with Gasteiger partial charge < -0.3 is 10.8 Å². The number of rotatable bonds is 4. The average Bonchev–Trinajstić information content (AvgIpc) is 2.18. The maximum Gasteiger partial charge on any atom is 0.0449 e. The van der Waals surface area contributed by atoms with Gasteiger partial charge in [-0.1, -0.05) is 31.2 Å². The number of aliphatic hydroxyl groups is 1. The second kappa shape index (κ2) is 5.00. The van der Waals surface area contributed by atoms with Crippen LogP contribution in [0.2, 0.25) is 0 Å². The van der Waals surface area contributed by atoms with Gasteiger partial charge in [-0.05, 0) is 24.0 Å². The maximum atomic E-state index is 8.74. The summed E-state index contributed by atoms with van der Waals surface area (Å²) in [5.74, 6) is 0. The molecule has 0 radical (unpaired) electrons. The van der Waals surface area contributed by atoms with Crippen LogP contribution in [-0.4, -0.2) is 11.7 Å². The second-order valence-corrected chi connectivity index (χ2v) is 3.22. The molecule has 1 rings (SSSR count). The Morgan fingerprint density at radius 2 is 2.23 bits per heavy atom. The first-order valence-electron chi connectivity index (χ1n) is 4.73. The minimum absolute atomic E-state index is 0.0310. The Morgan fingerprint density at radius 3 is 2.85 bits per heavy atom. The summed E-state index contributed by atoms with van der Waals surface area (Å²) >= 11 is 0. The molecule has 0 aliphatic rings. The van der Waals surface area contributed by atoms with E-state index in [4.69, 9.17) is 10.8 Å². The van der Waals surface area contributed by atoms with E-state index in [9.17, 15) is 0 Å². The Labute approximate surface area is 79.4 Å². The van der Waals surface area contributed by atoms with Gasteiger partial charge in [-0.15, -0.1) is 0 Å². The van der Waals surface area contributed by atoms with Crippen molar-refractivity contribution in [2.45, 2.75) is 25.8 Å². The highest BCUT2D eigenvalue weighted by Gasteiger charge is 2.04. The lowest BCUT2D eigenvalue weighted by Gasteiger charge is -2.11. The Bertz CT molecular complexity index is 260. The Hall–Kier alpha value is -0.860. The molecule has 0 amide bonds. The lowest BCUT2D eigenvalue weighted by molar-refractivity contribution is 0.276. The van der Waals surface area contributed by atoms with Crippen molar-refractivity contribution in [2.75, 3.05) is 6.61 Å². The van der Waals surface area contributed by atoms with Crippen molar-refractivity contribution in [3.63, 3.8) is 0 Å². The molecule has 0 bridgehead atoms. The van der Waals surface area contributed by atoms with Gasteiger partial charge in [0, 0.05) is 12.6 Å². The van der Waals surface area contributed by atoms with Gasteiger partial charge >= 0.3 is 0 Å². The van der Waals surface area contributed by atoms with Gasteiger partial charge in [0.1, 0.15) is 0 Å². The van der Waals surface area contributed by atoms with Crippen LogP contribution in [0.3, 0.4) is 0 Å². The van der Waals surface area contributed by atoms with Crippen LogP contribution in [0.15, 0.2) is 24.3 Å². The van der Waals surface area contributed by atoms with E-state index in [2.05, 4.69) is 19.1 Å². The molecule has 0 saturated heterocycles. The van der Waals surface area contributed by atoms with Crippen molar-refractivity contribution in [3.05, 3.63) is 35.4 Å². The molecule has 0 aromatic heterocycles. The van der Waals surface area contributed by atoms with Crippen molar-refractivity contribution in [2.24, 2.45) is 5.73 Å². The molecule has 72 valence electrons. The third-order valence-electron chi connectivity index (χ3n) is 2.23. The molecule has 2 nitrogen and oxygen atoms in total. The predicted octanol–water partition coefficient (Wildman–Crippen LogP) is 1.63. The van der Waals surface area contributed by atoms with Crippen LogP contribution in [0.5, 0.6) is 0 Å². The van der Waals surface area contributed by atoms with Crippen LogP contribution >= 0.6 is 0 Å².